The highest BCUT2D eigenvalue weighted by Crippen LogP contribution is 2.05. The second-order valence-corrected chi connectivity index (χ2v) is 2.57. The lowest BCUT2D eigenvalue weighted by molar-refractivity contribution is -0.111. The lowest BCUT2D eigenvalue weighted by Crippen LogP contribution is -2.00. The van der Waals surface area contributed by atoms with Crippen molar-refractivity contribution in [2.24, 2.45) is 0 Å². The van der Waals surface area contributed by atoms with Crippen LogP contribution in [0.2, 0.25) is 0 Å². The molecule has 0 aromatic heterocycles. The van der Waals surface area contributed by atoms with Crippen LogP contribution in [0, 0.1) is 0 Å². The van der Waals surface area contributed by atoms with Crippen molar-refractivity contribution in [2.75, 3.05) is 0 Å². The van der Waals surface area contributed by atoms with Gasteiger partial charge in [-0.25, -0.2) is 0 Å². The minimum Gasteiger partial charge on any atom is -0.289 e. The molecule has 0 spiro atoms. The summed E-state index contributed by atoms with van der Waals surface area (Å²) in [6.45, 7) is 22.2. The van der Waals surface area contributed by atoms with E-state index in [9.17, 15) is 4.79 Å². The molecule has 0 aliphatic heterocycles. The average Bonchev–Trinajstić information content (AvgIpc) is 2.45. The van der Waals surface area contributed by atoms with Crippen LogP contribution < -0.4 is 0 Å². The Kier molecular flexibility index (Phi) is 20.8. The van der Waals surface area contributed by atoms with Gasteiger partial charge in [0.05, 0.1) is 0 Å². The van der Waals surface area contributed by atoms with E-state index in [4.69, 9.17) is 0 Å². The second-order valence-electron chi connectivity index (χ2n) is 2.57. The SMILES string of the molecule is C=C/C=C\C(=C)C(=O)C(=C)/C=C\C=C.CC.CC. The minimum atomic E-state index is -0.179. The number of allylic oxidation sites excluding steroid dienone is 8. The molecule has 0 fully saturated rings. The first-order valence-electron chi connectivity index (χ1n) is 6.14. The number of carbonyl (C=O) groups is 1. The Morgan fingerprint density at radius 1 is 0.778 bits per heavy atom. The number of ketones is 1. The molecule has 0 atom stereocenters. The summed E-state index contributed by atoms with van der Waals surface area (Å²) in [6.07, 6.45) is 9.68. The molecule has 0 rings (SSSR count). The third kappa shape index (κ3) is 12.2. The van der Waals surface area contributed by atoms with Crippen molar-refractivity contribution in [1.29, 1.82) is 0 Å². The minimum absolute atomic E-state index is 0.179. The van der Waals surface area contributed by atoms with Crippen molar-refractivity contribution in [2.45, 2.75) is 27.7 Å². The van der Waals surface area contributed by atoms with Crippen LogP contribution in [0.4, 0.5) is 0 Å². The first-order valence-corrected chi connectivity index (χ1v) is 6.14. The van der Waals surface area contributed by atoms with E-state index in [1.54, 1.807) is 36.5 Å². The molecule has 1 heteroatoms. The molecule has 0 saturated heterocycles. The molecule has 0 aliphatic rings. The van der Waals surface area contributed by atoms with Crippen LogP contribution in [-0.4, -0.2) is 5.78 Å². The zero-order chi connectivity index (χ0) is 15.0. The van der Waals surface area contributed by atoms with Gasteiger partial charge in [-0.1, -0.05) is 90.5 Å². The van der Waals surface area contributed by atoms with Gasteiger partial charge in [0, 0.05) is 11.1 Å². The van der Waals surface area contributed by atoms with Gasteiger partial charge in [-0.2, -0.15) is 0 Å². The second kappa shape index (κ2) is 17.5. The lowest BCUT2D eigenvalue weighted by atomic mass is 10.1. The highest BCUT2D eigenvalue weighted by molar-refractivity contribution is 6.11. The molecule has 0 bridgehead atoms. The molecule has 0 heterocycles. The predicted octanol–water partition coefficient (Wildman–Crippen LogP) is 5.20. The summed E-state index contributed by atoms with van der Waals surface area (Å²) in [7, 11) is 0. The summed E-state index contributed by atoms with van der Waals surface area (Å²) >= 11 is 0. The zero-order valence-corrected chi connectivity index (χ0v) is 12.2. The maximum Gasteiger partial charge on any atom is 0.191 e. The van der Waals surface area contributed by atoms with Crippen LogP contribution in [0.5, 0.6) is 0 Å². The van der Waals surface area contributed by atoms with E-state index in [0.717, 1.165) is 0 Å². The molecule has 0 unspecified atom stereocenters. The molecule has 0 N–H and O–H groups in total. The monoisotopic (exact) mass is 246 g/mol. The molecule has 100 valence electrons. The van der Waals surface area contributed by atoms with E-state index in [1.165, 1.54) is 0 Å². The van der Waals surface area contributed by atoms with E-state index in [2.05, 4.69) is 26.3 Å². The predicted molar refractivity (Wildman–Crippen MR) is 84.7 cm³/mol. The van der Waals surface area contributed by atoms with Crippen LogP contribution in [-0.2, 0) is 4.79 Å². The van der Waals surface area contributed by atoms with E-state index in [1.807, 2.05) is 27.7 Å². The Balaban J connectivity index is -0.000000506. The Morgan fingerprint density at radius 2 is 1.06 bits per heavy atom. The normalized spacial score (nSPS) is 8.67. The molecule has 0 saturated carbocycles. The number of rotatable bonds is 6. The fourth-order valence-electron chi connectivity index (χ4n) is 0.726. The van der Waals surface area contributed by atoms with Gasteiger partial charge in [-0.15, -0.1) is 0 Å². The van der Waals surface area contributed by atoms with Crippen LogP contribution in [0.25, 0.3) is 0 Å². The summed E-state index contributed by atoms with van der Waals surface area (Å²) in [5, 5.41) is 0. The van der Waals surface area contributed by atoms with Gasteiger partial charge >= 0.3 is 0 Å². The van der Waals surface area contributed by atoms with Crippen molar-refractivity contribution >= 4 is 5.78 Å². The van der Waals surface area contributed by atoms with Gasteiger partial charge in [0.15, 0.2) is 5.78 Å². The summed E-state index contributed by atoms with van der Waals surface area (Å²) in [4.78, 5) is 11.5. The van der Waals surface area contributed by atoms with Crippen molar-refractivity contribution in [1.82, 2.24) is 0 Å². The van der Waals surface area contributed by atoms with Gasteiger partial charge in [0.1, 0.15) is 0 Å². The van der Waals surface area contributed by atoms with Crippen molar-refractivity contribution < 1.29 is 4.79 Å². The smallest absolute Gasteiger partial charge is 0.191 e. The average molecular weight is 246 g/mol. The number of carbonyl (C=O) groups excluding carboxylic acids is 1. The molecule has 1 nitrogen and oxygen atoms in total. The Morgan fingerprint density at radius 3 is 1.28 bits per heavy atom. The highest BCUT2D eigenvalue weighted by Gasteiger charge is 2.04. The maximum atomic E-state index is 11.5. The number of Topliss-reactive ketones (excluding diaryl/α,β-unsaturated/α-hetero) is 1. The van der Waals surface area contributed by atoms with Gasteiger partial charge in [0.25, 0.3) is 0 Å². The standard InChI is InChI=1S/C13H14O.2C2H6/c1-5-7-9-11(3)13(14)12(4)10-8-6-2;2*1-2/h5-10H,1-4H2;2*1-2H3/b9-7-,10-8-;;. The van der Waals surface area contributed by atoms with Crippen molar-refractivity contribution in [3.63, 3.8) is 0 Å². The first kappa shape index (κ1) is 21.4. The lowest BCUT2D eigenvalue weighted by Gasteiger charge is -1.97. The topological polar surface area (TPSA) is 17.1 Å². The largest absolute Gasteiger partial charge is 0.289 e. The van der Waals surface area contributed by atoms with Crippen molar-refractivity contribution in [3.05, 3.63) is 73.9 Å². The van der Waals surface area contributed by atoms with E-state index < -0.39 is 0 Å². The fourth-order valence-corrected chi connectivity index (χ4v) is 0.726. The Hall–Kier alpha value is -1.89. The highest BCUT2D eigenvalue weighted by atomic mass is 16.1. The molecular weight excluding hydrogens is 220 g/mol. The molecule has 0 amide bonds. The maximum absolute atomic E-state index is 11.5. The summed E-state index contributed by atoms with van der Waals surface area (Å²) in [5.41, 5.74) is 0.784. The van der Waals surface area contributed by atoms with Crippen LogP contribution in [0.15, 0.2) is 73.9 Å². The van der Waals surface area contributed by atoms with Gasteiger partial charge in [-0.3, -0.25) is 4.79 Å². The molecule has 18 heavy (non-hydrogen) atoms. The Labute approximate surface area is 113 Å². The van der Waals surface area contributed by atoms with Gasteiger partial charge in [-0.05, 0) is 0 Å². The summed E-state index contributed by atoms with van der Waals surface area (Å²) in [6, 6.07) is 0. The van der Waals surface area contributed by atoms with Crippen molar-refractivity contribution in [3.8, 4) is 0 Å². The molecule has 0 aromatic carbocycles. The van der Waals surface area contributed by atoms with E-state index >= 15 is 0 Å². The fraction of sp³-hybridized carbons (Fsp3) is 0.235. The zero-order valence-electron chi connectivity index (χ0n) is 12.2. The van der Waals surface area contributed by atoms with E-state index in [-0.39, 0.29) is 5.78 Å². The Bertz CT molecular complexity index is 296. The molecule has 0 aromatic rings. The quantitative estimate of drug-likeness (QED) is 0.465. The number of hydrogen-bond acceptors (Lipinski definition) is 1. The third-order valence-electron chi connectivity index (χ3n) is 1.45. The molecule has 0 aliphatic carbocycles. The first-order chi connectivity index (χ1) is 8.63. The summed E-state index contributed by atoms with van der Waals surface area (Å²) < 4.78 is 0. The van der Waals surface area contributed by atoms with E-state index in [0.29, 0.717) is 11.1 Å². The van der Waals surface area contributed by atoms with Crippen LogP contribution in [0.1, 0.15) is 27.7 Å². The summed E-state index contributed by atoms with van der Waals surface area (Å²) in [5.74, 6) is -0.179. The van der Waals surface area contributed by atoms with Gasteiger partial charge < -0.3 is 0 Å². The van der Waals surface area contributed by atoms with Gasteiger partial charge in [0.2, 0.25) is 0 Å². The third-order valence-corrected chi connectivity index (χ3v) is 1.45. The van der Waals surface area contributed by atoms with Crippen LogP contribution in [0.3, 0.4) is 0 Å². The number of hydrogen-bond donors (Lipinski definition) is 0. The van der Waals surface area contributed by atoms with Crippen LogP contribution >= 0.6 is 0 Å². The molecule has 0 radical (unpaired) electrons. The molecular formula is C17H26O.